The van der Waals surface area contributed by atoms with Gasteiger partial charge in [-0.05, 0) is 24.5 Å². The summed E-state index contributed by atoms with van der Waals surface area (Å²) in [6.07, 6.45) is 2.69. The molecular formula is C22H31N6O5P. The smallest absolute Gasteiger partial charge is 0.342 e. The molecule has 3 N–H and O–H groups in total. The van der Waals surface area contributed by atoms with Crippen molar-refractivity contribution in [3.63, 3.8) is 0 Å². The molecule has 3 rings (SSSR count). The Kier molecular flexibility index (Phi) is 8.24. The van der Waals surface area contributed by atoms with Gasteiger partial charge in [-0.25, -0.2) is 20.0 Å². The number of hydrogen-bond donors (Lipinski definition) is 2. The lowest BCUT2D eigenvalue weighted by molar-refractivity contribution is -0.148. The van der Waals surface area contributed by atoms with E-state index in [0.717, 1.165) is 0 Å². The van der Waals surface area contributed by atoms with Crippen LogP contribution < -0.4 is 15.3 Å². The molecule has 0 aliphatic heterocycles. The third kappa shape index (κ3) is 7.24. The van der Waals surface area contributed by atoms with Crippen LogP contribution in [0.1, 0.15) is 27.7 Å². The number of nitrogens with one attached hydrogen (secondary N) is 1. The Morgan fingerprint density at radius 1 is 1.21 bits per heavy atom. The van der Waals surface area contributed by atoms with Crippen molar-refractivity contribution >= 4 is 30.5 Å². The molecule has 0 bridgehead atoms. The number of para-hydroxylation sites is 1. The second-order valence-electron chi connectivity index (χ2n) is 9.00. The number of carbonyl (C=O) groups is 1. The predicted octanol–water partition coefficient (Wildman–Crippen LogP) is 3.22. The maximum absolute atomic E-state index is 13.6. The molecular weight excluding hydrogens is 459 g/mol. The molecule has 2 heterocycles. The van der Waals surface area contributed by atoms with Crippen molar-refractivity contribution in [2.75, 3.05) is 25.3 Å². The Morgan fingerprint density at radius 2 is 1.94 bits per heavy atom. The standard InChI is InChI=1S/C22H31N6O5P/c1-16(21(29)32-12-22(2,3)4)27-34(30,33-17-8-6-5-7-9-17)15-31-11-10-28-14-26-18-19(23)24-13-25-20(18)28/h5-9,13-14,16H,10-12,15H2,1-4H3,(H,27,30)(H2,23,24,25)/t16-,34?/m0/s1. The molecule has 3 aromatic rings. The highest BCUT2D eigenvalue weighted by Crippen LogP contribution is 2.43. The number of nitrogens with two attached hydrogens (primary N) is 1. The van der Waals surface area contributed by atoms with E-state index >= 15 is 0 Å². The van der Waals surface area contributed by atoms with Crippen molar-refractivity contribution in [1.29, 1.82) is 0 Å². The van der Waals surface area contributed by atoms with E-state index < -0.39 is 19.5 Å². The molecule has 0 aliphatic rings. The molecule has 0 spiro atoms. The Bertz CT molecular complexity index is 1150. The predicted molar refractivity (Wildman–Crippen MR) is 128 cm³/mol. The highest BCUT2D eigenvalue weighted by Gasteiger charge is 2.31. The van der Waals surface area contributed by atoms with Crippen molar-refractivity contribution < 1.29 is 23.4 Å². The minimum Gasteiger partial charge on any atom is -0.464 e. The summed E-state index contributed by atoms with van der Waals surface area (Å²) < 4.78 is 32.1. The summed E-state index contributed by atoms with van der Waals surface area (Å²) in [5.74, 6) is 0.168. The van der Waals surface area contributed by atoms with Gasteiger partial charge in [-0.3, -0.25) is 9.36 Å². The number of aromatic nitrogens is 4. The number of ether oxygens (including phenoxy) is 2. The fourth-order valence-corrected chi connectivity index (χ4v) is 4.62. The fourth-order valence-electron chi connectivity index (χ4n) is 2.91. The third-order valence-corrected chi connectivity index (χ3v) is 6.36. The van der Waals surface area contributed by atoms with Crippen LogP contribution >= 0.6 is 7.52 Å². The maximum atomic E-state index is 13.6. The SMILES string of the molecule is C[C@H](NP(=O)(COCCn1cnc2c(N)ncnc21)Oc1ccccc1)C(=O)OCC(C)(C)C. The van der Waals surface area contributed by atoms with Gasteiger partial charge in [0.1, 0.15) is 30.0 Å². The first-order chi connectivity index (χ1) is 16.1. The first-order valence-corrected chi connectivity index (χ1v) is 12.6. The van der Waals surface area contributed by atoms with Crippen LogP contribution in [0, 0.1) is 5.41 Å². The summed E-state index contributed by atoms with van der Waals surface area (Å²) in [4.78, 5) is 24.7. The van der Waals surface area contributed by atoms with E-state index in [9.17, 15) is 9.36 Å². The summed E-state index contributed by atoms with van der Waals surface area (Å²) in [6, 6.07) is 7.84. The number of hydrogen-bond acceptors (Lipinski definition) is 9. The lowest BCUT2D eigenvalue weighted by Gasteiger charge is -2.25. The molecule has 0 saturated heterocycles. The van der Waals surface area contributed by atoms with Crippen molar-refractivity contribution in [3.8, 4) is 5.75 Å². The Morgan fingerprint density at radius 3 is 2.65 bits per heavy atom. The van der Waals surface area contributed by atoms with Crippen LogP contribution in [0.4, 0.5) is 5.82 Å². The number of nitrogens with zero attached hydrogens (tertiary/aromatic N) is 4. The Balaban J connectivity index is 1.63. The van der Waals surface area contributed by atoms with Crippen LogP contribution in [0.3, 0.4) is 0 Å². The van der Waals surface area contributed by atoms with Gasteiger partial charge in [-0.15, -0.1) is 0 Å². The highest BCUT2D eigenvalue weighted by atomic mass is 31.2. The molecule has 34 heavy (non-hydrogen) atoms. The second-order valence-corrected chi connectivity index (χ2v) is 11.0. The first kappa shape index (κ1) is 25.6. The van der Waals surface area contributed by atoms with Crippen LogP contribution in [0.2, 0.25) is 0 Å². The van der Waals surface area contributed by atoms with Crippen LogP contribution in [-0.4, -0.2) is 51.1 Å². The van der Waals surface area contributed by atoms with Gasteiger partial charge in [0.05, 0.1) is 19.5 Å². The number of anilines is 1. The zero-order valence-electron chi connectivity index (χ0n) is 19.8. The van der Waals surface area contributed by atoms with Crippen molar-refractivity contribution in [2.45, 2.75) is 40.3 Å². The molecule has 0 fully saturated rings. The molecule has 1 aromatic carbocycles. The van der Waals surface area contributed by atoms with Crippen molar-refractivity contribution in [1.82, 2.24) is 24.6 Å². The molecule has 2 atom stereocenters. The zero-order valence-corrected chi connectivity index (χ0v) is 20.7. The number of benzene rings is 1. The summed E-state index contributed by atoms with van der Waals surface area (Å²) >= 11 is 0. The van der Waals surface area contributed by atoms with Crippen LogP contribution in [0.5, 0.6) is 5.75 Å². The van der Waals surface area contributed by atoms with Crippen LogP contribution in [-0.2, 0) is 25.4 Å². The summed E-state index contributed by atoms with van der Waals surface area (Å²) in [6.45, 7) is 8.28. The molecule has 0 aliphatic carbocycles. The Labute approximate surface area is 198 Å². The van der Waals surface area contributed by atoms with E-state index in [1.54, 1.807) is 42.1 Å². The summed E-state index contributed by atoms with van der Waals surface area (Å²) in [7, 11) is -3.62. The van der Waals surface area contributed by atoms with E-state index in [2.05, 4.69) is 20.0 Å². The number of carbonyl (C=O) groups excluding carboxylic acids is 1. The van der Waals surface area contributed by atoms with Gasteiger partial charge in [0, 0.05) is 6.54 Å². The van der Waals surface area contributed by atoms with Gasteiger partial charge in [-0.2, -0.15) is 0 Å². The van der Waals surface area contributed by atoms with Gasteiger partial charge in [0.2, 0.25) is 0 Å². The average molecular weight is 491 g/mol. The van der Waals surface area contributed by atoms with Gasteiger partial charge in [0.25, 0.3) is 0 Å². The zero-order chi connectivity index (χ0) is 24.8. The largest absolute Gasteiger partial charge is 0.464 e. The number of rotatable bonds is 11. The number of imidazole rings is 1. The van der Waals surface area contributed by atoms with Gasteiger partial charge >= 0.3 is 13.5 Å². The fraction of sp³-hybridized carbons (Fsp3) is 0.455. The average Bonchev–Trinajstić information content (AvgIpc) is 3.19. The monoisotopic (exact) mass is 490 g/mol. The lowest BCUT2D eigenvalue weighted by Crippen LogP contribution is -2.36. The highest BCUT2D eigenvalue weighted by molar-refractivity contribution is 7.57. The van der Waals surface area contributed by atoms with Crippen molar-refractivity contribution in [3.05, 3.63) is 43.0 Å². The molecule has 12 heteroatoms. The maximum Gasteiger partial charge on any atom is 0.342 e. The lowest BCUT2D eigenvalue weighted by atomic mass is 9.99. The van der Waals surface area contributed by atoms with Crippen LogP contribution in [0.15, 0.2) is 43.0 Å². The second kappa shape index (κ2) is 10.9. The van der Waals surface area contributed by atoms with Gasteiger partial charge in [0.15, 0.2) is 11.5 Å². The first-order valence-electron chi connectivity index (χ1n) is 10.8. The van der Waals surface area contributed by atoms with Gasteiger partial charge < -0.3 is 24.3 Å². The normalized spacial score (nSPS) is 14.5. The number of esters is 1. The van der Waals surface area contributed by atoms with E-state index in [1.165, 1.54) is 6.33 Å². The molecule has 0 radical (unpaired) electrons. The quantitative estimate of drug-likeness (QED) is 0.233. The molecule has 0 saturated carbocycles. The molecule has 11 nitrogen and oxygen atoms in total. The van der Waals surface area contributed by atoms with Crippen LogP contribution in [0.25, 0.3) is 11.2 Å². The van der Waals surface area contributed by atoms with E-state index in [0.29, 0.717) is 29.3 Å². The third-order valence-electron chi connectivity index (χ3n) is 4.55. The molecule has 2 aromatic heterocycles. The summed E-state index contributed by atoms with van der Waals surface area (Å²) in [5.41, 5.74) is 6.71. The molecule has 1 unspecified atom stereocenters. The topological polar surface area (TPSA) is 143 Å². The van der Waals surface area contributed by atoms with E-state index in [-0.39, 0.29) is 25.0 Å². The minimum absolute atomic E-state index is 0.185. The number of nitrogen functional groups attached to an aromatic ring is 1. The molecule has 184 valence electrons. The number of fused-ring (bicyclic) bond motifs is 1. The summed E-state index contributed by atoms with van der Waals surface area (Å²) in [5, 5.41) is 2.79. The van der Waals surface area contributed by atoms with E-state index in [4.69, 9.17) is 19.7 Å². The minimum atomic E-state index is -3.62. The van der Waals surface area contributed by atoms with Crippen molar-refractivity contribution in [2.24, 2.45) is 5.41 Å². The van der Waals surface area contributed by atoms with Gasteiger partial charge in [-0.1, -0.05) is 39.0 Å². The molecule has 0 amide bonds. The van der Waals surface area contributed by atoms with E-state index in [1.807, 2.05) is 26.8 Å². The Hall–Kier alpha value is -3.01.